The van der Waals surface area contributed by atoms with Gasteiger partial charge in [0.2, 0.25) is 0 Å². The lowest BCUT2D eigenvalue weighted by molar-refractivity contribution is 0.285. The van der Waals surface area contributed by atoms with Crippen LogP contribution in [0.5, 0.6) is 0 Å². The zero-order valence-corrected chi connectivity index (χ0v) is 10.2. The number of benzene rings is 1. The van der Waals surface area contributed by atoms with Gasteiger partial charge < -0.3 is 10.1 Å². The van der Waals surface area contributed by atoms with Crippen LogP contribution in [0.25, 0.3) is 0 Å². The Kier molecular flexibility index (Phi) is 3.28. The molecule has 1 N–H and O–H groups in total. The predicted octanol–water partition coefficient (Wildman–Crippen LogP) is 2.30. The number of piperidine rings is 1. The molecule has 1 aromatic rings. The summed E-state index contributed by atoms with van der Waals surface area (Å²) in [4.78, 5) is 4.66. The van der Waals surface area contributed by atoms with Gasteiger partial charge in [0.15, 0.2) is 5.90 Å². The number of aliphatic imine (C=N–C) groups is 1. The molecule has 2 aliphatic heterocycles. The molecule has 1 saturated heterocycles. The Hall–Kier alpha value is -1.42. The van der Waals surface area contributed by atoms with Gasteiger partial charge in [-0.3, -0.25) is 0 Å². The summed E-state index contributed by atoms with van der Waals surface area (Å²) in [5.74, 6) is 1.14. The monoisotopic (exact) mass is 248 g/mol. The van der Waals surface area contributed by atoms with Gasteiger partial charge in [-0.25, -0.2) is 9.38 Å². The van der Waals surface area contributed by atoms with Gasteiger partial charge in [0.05, 0.1) is 0 Å². The van der Waals surface area contributed by atoms with Gasteiger partial charge in [-0.2, -0.15) is 0 Å². The van der Waals surface area contributed by atoms with E-state index in [1.165, 1.54) is 12.1 Å². The minimum atomic E-state index is -0.208. The van der Waals surface area contributed by atoms with Crippen molar-refractivity contribution < 1.29 is 9.13 Å². The first-order valence-corrected chi connectivity index (χ1v) is 6.49. The number of hydrogen-bond acceptors (Lipinski definition) is 3. The zero-order chi connectivity index (χ0) is 12.4. The zero-order valence-electron chi connectivity index (χ0n) is 10.2. The molecular weight excluding hydrogens is 231 g/mol. The second-order valence-corrected chi connectivity index (χ2v) is 4.87. The molecule has 3 nitrogen and oxygen atoms in total. The van der Waals surface area contributed by atoms with E-state index in [-0.39, 0.29) is 11.9 Å². The van der Waals surface area contributed by atoms with Crippen molar-refractivity contribution in [1.29, 1.82) is 0 Å². The van der Waals surface area contributed by atoms with Gasteiger partial charge in [0.1, 0.15) is 18.5 Å². The number of rotatable bonds is 2. The summed E-state index contributed by atoms with van der Waals surface area (Å²) in [5.41, 5.74) is 1.03. The van der Waals surface area contributed by atoms with E-state index in [0.29, 0.717) is 12.5 Å². The SMILES string of the molecule is Fc1ccc(C2COC(C3CCNCC3)=N2)cc1. The topological polar surface area (TPSA) is 33.6 Å². The molecule has 0 radical (unpaired) electrons. The van der Waals surface area contributed by atoms with Crippen molar-refractivity contribution in [3.05, 3.63) is 35.6 Å². The third kappa shape index (κ3) is 2.38. The molecule has 0 amide bonds. The van der Waals surface area contributed by atoms with Crippen molar-refractivity contribution >= 4 is 5.90 Å². The number of ether oxygens (including phenoxy) is 1. The first-order chi connectivity index (χ1) is 8.83. The molecular formula is C14H17FN2O. The van der Waals surface area contributed by atoms with Gasteiger partial charge in [-0.1, -0.05) is 12.1 Å². The first-order valence-electron chi connectivity index (χ1n) is 6.49. The third-order valence-corrected chi connectivity index (χ3v) is 3.62. The highest BCUT2D eigenvalue weighted by Gasteiger charge is 2.27. The van der Waals surface area contributed by atoms with E-state index >= 15 is 0 Å². The molecule has 0 bridgehead atoms. The average molecular weight is 248 g/mol. The molecule has 1 unspecified atom stereocenters. The highest BCUT2D eigenvalue weighted by molar-refractivity contribution is 5.80. The van der Waals surface area contributed by atoms with E-state index in [0.717, 1.165) is 37.4 Å². The fourth-order valence-corrected chi connectivity index (χ4v) is 2.54. The second-order valence-electron chi connectivity index (χ2n) is 4.87. The molecule has 0 aliphatic carbocycles. The lowest BCUT2D eigenvalue weighted by Gasteiger charge is -2.21. The van der Waals surface area contributed by atoms with Crippen molar-refractivity contribution in [3.8, 4) is 0 Å². The van der Waals surface area contributed by atoms with Gasteiger partial charge in [-0.15, -0.1) is 0 Å². The van der Waals surface area contributed by atoms with E-state index in [1.54, 1.807) is 12.1 Å². The maximum absolute atomic E-state index is 12.9. The Labute approximate surface area is 106 Å². The van der Waals surface area contributed by atoms with Crippen LogP contribution in [-0.2, 0) is 4.74 Å². The number of halogens is 1. The van der Waals surface area contributed by atoms with Crippen LogP contribution in [0.2, 0.25) is 0 Å². The maximum atomic E-state index is 12.9. The van der Waals surface area contributed by atoms with Crippen molar-refractivity contribution in [3.63, 3.8) is 0 Å². The van der Waals surface area contributed by atoms with Crippen LogP contribution in [0.4, 0.5) is 4.39 Å². The van der Waals surface area contributed by atoms with Crippen molar-refractivity contribution in [2.24, 2.45) is 10.9 Å². The Bertz CT molecular complexity index is 438. The van der Waals surface area contributed by atoms with Gasteiger partial charge in [-0.05, 0) is 43.6 Å². The molecule has 0 saturated carbocycles. The van der Waals surface area contributed by atoms with Crippen LogP contribution in [-0.4, -0.2) is 25.6 Å². The average Bonchev–Trinajstić information content (AvgIpc) is 2.90. The molecule has 1 aromatic carbocycles. The molecule has 1 fully saturated rings. The van der Waals surface area contributed by atoms with Crippen molar-refractivity contribution in [2.45, 2.75) is 18.9 Å². The Balaban J connectivity index is 1.72. The number of nitrogens with zero attached hydrogens (tertiary/aromatic N) is 1. The normalized spacial score (nSPS) is 24.7. The molecule has 2 heterocycles. The van der Waals surface area contributed by atoms with E-state index in [2.05, 4.69) is 10.3 Å². The van der Waals surface area contributed by atoms with Crippen LogP contribution >= 0.6 is 0 Å². The van der Waals surface area contributed by atoms with Crippen LogP contribution in [0.3, 0.4) is 0 Å². The highest BCUT2D eigenvalue weighted by Crippen LogP contribution is 2.27. The minimum absolute atomic E-state index is 0.0375. The summed E-state index contributed by atoms with van der Waals surface area (Å²) in [6, 6.07) is 6.58. The molecule has 0 aromatic heterocycles. The van der Waals surface area contributed by atoms with E-state index in [9.17, 15) is 4.39 Å². The van der Waals surface area contributed by atoms with Crippen LogP contribution in [0.1, 0.15) is 24.4 Å². The molecule has 2 aliphatic rings. The van der Waals surface area contributed by atoms with E-state index in [1.807, 2.05) is 0 Å². The van der Waals surface area contributed by atoms with E-state index < -0.39 is 0 Å². The van der Waals surface area contributed by atoms with E-state index in [4.69, 9.17) is 4.74 Å². The second kappa shape index (κ2) is 5.06. The van der Waals surface area contributed by atoms with Crippen molar-refractivity contribution in [1.82, 2.24) is 5.32 Å². The third-order valence-electron chi connectivity index (χ3n) is 3.62. The molecule has 4 heteroatoms. The minimum Gasteiger partial charge on any atom is -0.478 e. The fraction of sp³-hybridized carbons (Fsp3) is 0.500. The summed E-state index contributed by atoms with van der Waals surface area (Å²) < 4.78 is 18.6. The molecule has 1 atom stereocenters. The van der Waals surface area contributed by atoms with Crippen LogP contribution in [0.15, 0.2) is 29.3 Å². The summed E-state index contributed by atoms with van der Waals surface area (Å²) >= 11 is 0. The smallest absolute Gasteiger partial charge is 0.187 e. The van der Waals surface area contributed by atoms with Crippen LogP contribution in [0, 0.1) is 11.7 Å². The van der Waals surface area contributed by atoms with Crippen LogP contribution < -0.4 is 5.32 Å². The van der Waals surface area contributed by atoms with Gasteiger partial charge in [0, 0.05) is 5.92 Å². The number of nitrogens with one attached hydrogen (secondary N) is 1. The largest absolute Gasteiger partial charge is 0.478 e. The quantitative estimate of drug-likeness (QED) is 0.871. The molecule has 3 rings (SSSR count). The standard InChI is InChI=1S/C14H17FN2O/c15-12-3-1-10(2-4-12)13-9-18-14(17-13)11-5-7-16-8-6-11/h1-4,11,13,16H,5-9H2. The summed E-state index contributed by atoms with van der Waals surface area (Å²) in [6.45, 7) is 2.66. The first kappa shape index (κ1) is 11.7. The fourth-order valence-electron chi connectivity index (χ4n) is 2.54. The highest BCUT2D eigenvalue weighted by atomic mass is 19.1. The lowest BCUT2D eigenvalue weighted by Crippen LogP contribution is -2.31. The summed E-state index contributed by atoms with van der Waals surface area (Å²) in [5, 5.41) is 3.34. The Morgan fingerprint density at radius 3 is 2.61 bits per heavy atom. The lowest BCUT2D eigenvalue weighted by atomic mass is 9.98. The predicted molar refractivity (Wildman–Crippen MR) is 68.1 cm³/mol. The van der Waals surface area contributed by atoms with Crippen molar-refractivity contribution in [2.75, 3.05) is 19.7 Å². The Morgan fingerprint density at radius 1 is 1.17 bits per heavy atom. The van der Waals surface area contributed by atoms with Gasteiger partial charge >= 0.3 is 0 Å². The van der Waals surface area contributed by atoms with Gasteiger partial charge in [0.25, 0.3) is 0 Å². The summed E-state index contributed by atoms with van der Waals surface area (Å²) in [6.07, 6.45) is 2.18. The maximum Gasteiger partial charge on any atom is 0.187 e. The molecule has 0 spiro atoms. The molecule has 18 heavy (non-hydrogen) atoms. The number of hydrogen-bond donors (Lipinski definition) is 1. The summed E-state index contributed by atoms with van der Waals surface area (Å²) in [7, 11) is 0. The Morgan fingerprint density at radius 2 is 1.89 bits per heavy atom. The molecule has 96 valence electrons.